The number of amides is 1. The number of hydrogen-bond donors (Lipinski definition) is 1. The first-order valence-electron chi connectivity index (χ1n) is 12.8. The maximum Gasteiger partial charge on any atom is 0.389 e. The average Bonchev–Trinajstić information content (AvgIpc) is 3.17. The van der Waals surface area contributed by atoms with Gasteiger partial charge in [0.25, 0.3) is 5.91 Å². The largest absolute Gasteiger partial charge is 0.431 e. The molecule has 2 heterocycles. The maximum atomic E-state index is 13.2. The number of rotatable bonds is 11. The van der Waals surface area contributed by atoms with E-state index >= 15 is 0 Å². The minimum Gasteiger partial charge on any atom is -0.431 e. The molecule has 1 saturated carbocycles. The van der Waals surface area contributed by atoms with E-state index in [1.165, 1.54) is 23.1 Å². The van der Waals surface area contributed by atoms with Crippen molar-refractivity contribution in [3.63, 3.8) is 0 Å². The number of nitrogens with zero attached hydrogens (tertiary/aromatic N) is 3. The molecule has 0 radical (unpaired) electrons. The van der Waals surface area contributed by atoms with Gasteiger partial charge in [0.15, 0.2) is 11.6 Å². The molecule has 218 valence electrons. The highest BCUT2D eigenvalue weighted by atomic mass is 32.2. The molecular formula is C25H33F5N4O4S. The number of alkyl halides is 5. The fourth-order valence-electron chi connectivity index (χ4n) is 4.84. The lowest BCUT2D eigenvalue weighted by molar-refractivity contribution is -0.135. The van der Waals surface area contributed by atoms with Crippen LogP contribution in [0, 0.1) is 12.8 Å². The summed E-state index contributed by atoms with van der Waals surface area (Å²) in [6.45, 7) is 0.488. The van der Waals surface area contributed by atoms with Crippen LogP contribution in [-0.2, 0) is 22.7 Å². The minimum absolute atomic E-state index is 0.0321. The average molecular weight is 581 g/mol. The molecule has 1 amide bonds. The normalized spacial score (nSPS) is 18.4. The minimum atomic E-state index is -4.33. The Morgan fingerprint density at radius 3 is 2.46 bits per heavy atom. The third kappa shape index (κ3) is 8.36. The quantitative estimate of drug-likeness (QED) is 0.377. The number of hydrogen-bond acceptors (Lipinski definition) is 6. The Morgan fingerprint density at radius 1 is 1.23 bits per heavy atom. The SMILES string of the molecule is CCc1nc(C(=O)NCC2CCC(S(C)(=O)=O)CC2)c(C)n1-c1ncc(CCCC(F)(F)F)cc1OC(F)F. The van der Waals surface area contributed by atoms with Gasteiger partial charge in [-0.05, 0) is 63.0 Å². The number of nitrogens with one attached hydrogen (secondary N) is 1. The highest BCUT2D eigenvalue weighted by Crippen LogP contribution is 2.30. The summed E-state index contributed by atoms with van der Waals surface area (Å²) in [5.41, 5.74) is 0.718. The predicted molar refractivity (Wildman–Crippen MR) is 134 cm³/mol. The third-order valence-electron chi connectivity index (χ3n) is 6.90. The number of ether oxygens (including phenoxy) is 1. The smallest absolute Gasteiger partial charge is 0.389 e. The van der Waals surface area contributed by atoms with Crippen molar-refractivity contribution in [3.05, 3.63) is 35.0 Å². The molecule has 0 bridgehead atoms. The van der Waals surface area contributed by atoms with Crippen molar-refractivity contribution in [3.8, 4) is 11.6 Å². The fraction of sp³-hybridized carbons (Fsp3) is 0.640. The van der Waals surface area contributed by atoms with E-state index in [2.05, 4.69) is 20.0 Å². The lowest BCUT2D eigenvalue weighted by atomic mass is 9.89. The number of aromatic nitrogens is 3. The van der Waals surface area contributed by atoms with Crippen LogP contribution in [0.25, 0.3) is 5.82 Å². The van der Waals surface area contributed by atoms with Crippen LogP contribution < -0.4 is 10.1 Å². The molecule has 0 atom stereocenters. The van der Waals surface area contributed by atoms with Crippen LogP contribution in [0.4, 0.5) is 22.0 Å². The molecule has 1 aliphatic carbocycles. The predicted octanol–water partition coefficient (Wildman–Crippen LogP) is 4.96. The van der Waals surface area contributed by atoms with E-state index in [0.29, 0.717) is 55.7 Å². The Hall–Kier alpha value is -2.77. The van der Waals surface area contributed by atoms with Crippen molar-refractivity contribution in [2.24, 2.45) is 5.92 Å². The van der Waals surface area contributed by atoms with Gasteiger partial charge in [-0.2, -0.15) is 22.0 Å². The summed E-state index contributed by atoms with van der Waals surface area (Å²) in [7, 11) is -3.09. The molecule has 3 rings (SSSR count). The Kier molecular flexibility index (Phi) is 9.94. The number of carbonyl (C=O) groups excluding carboxylic acids is 1. The molecular weight excluding hydrogens is 547 g/mol. The Bertz CT molecular complexity index is 1260. The molecule has 0 spiro atoms. The van der Waals surface area contributed by atoms with E-state index in [0.717, 1.165) is 0 Å². The lowest BCUT2D eigenvalue weighted by Crippen LogP contribution is -2.34. The van der Waals surface area contributed by atoms with E-state index in [1.54, 1.807) is 13.8 Å². The van der Waals surface area contributed by atoms with Crippen LogP contribution in [-0.4, -0.2) is 59.7 Å². The van der Waals surface area contributed by atoms with E-state index < -0.39 is 35.0 Å². The third-order valence-corrected chi connectivity index (χ3v) is 8.58. The molecule has 8 nitrogen and oxygen atoms in total. The zero-order valence-corrected chi connectivity index (χ0v) is 22.8. The summed E-state index contributed by atoms with van der Waals surface area (Å²) in [5, 5.41) is 2.48. The molecule has 2 aromatic heterocycles. The van der Waals surface area contributed by atoms with E-state index in [-0.39, 0.29) is 41.3 Å². The van der Waals surface area contributed by atoms with Gasteiger partial charge in [-0.3, -0.25) is 9.36 Å². The van der Waals surface area contributed by atoms with Crippen molar-refractivity contribution in [1.29, 1.82) is 0 Å². The summed E-state index contributed by atoms with van der Waals surface area (Å²) in [5.74, 6) is -0.360. The first-order valence-corrected chi connectivity index (χ1v) is 14.7. The fourth-order valence-corrected chi connectivity index (χ4v) is 5.96. The standard InChI is InChI=1S/C25H33F5N4O4S/c1-4-20-33-21(23(35)32-13-16-7-9-18(10-8-16)39(3,36)37)15(2)34(20)22-19(38-24(26)27)12-17(14-31-22)6-5-11-25(28,29)30/h12,14,16,18,24H,4-11,13H2,1-3H3,(H,32,35). The molecule has 0 aromatic carbocycles. The Morgan fingerprint density at radius 2 is 1.90 bits per heavy atom. The summed E-state index contributed by atoms with van der Waals surface area (Å²) >= 11 is 0. The van der Waals surface area contributed by atoms with Gasteiger partial charge >= 0.3 is 12.8 Å². The zero-order chi connectivity index (χ0) is 29.0. The number of aryl methyl sites for hydroxylation is 2. The van der Waals surface area contributed by atoms with Crippen LogP contribution in [0.15, 0.2) is 12.3 Å². The van der Waals surface area contributed by atoms with Gasteiger partial charge < -0.3 is 10.1 Å². The second kappa shape index (κ2) is 12.6. The number of carbonyl (C=O) groups is 1. The van der Waals surface area contributed by atoms with Crippen LogP contribution in [0.5, 0.6) is 5.75 Å². The summed E-state index contributed by atoms with van der Waals surface area (Å²) < 4.78 is 93.6. The second-order valence-corrected chi connectivity index (χ2v) is 12.2. The number of halogens is 5. The van der Waals surface area contributed by atoms with Crippen molar-refractivity contribution >= 4 is 15.7 Å². The molecule has 0 saturated heterocycles. The highest BCUT2D eigenvalue weighted by molar-refractivity contribution is 7.91. The molecule has 14 heteroatoms. The summed E-state index contributed by atoms with van der Waals surface area (Å²) in [6, 6.07) is 1.23. The van der Waals surface area contributed by atoms with Crippen molar-refractivity contribution in [2.45, 2.75) is 83.3 Å². The van der Waals surface area contributed by atoms with Crippen LogP contribution >= 0.6 is 0 Å². The van der Waals surface area contributed by atoms with Gasteiger partial charge in [0.05, 0.1) is 10.9 Å². The molecule has 2 aromatic rings. The van der Waals surface area contributed by atoms with Crippen LogP contribution in [0.2, 0.25) is 0 Å². The van der Waals surface area contributed by atoms with Crippen LogP contribution in [0.1, 0.15) is 73.0 Å². The number of pyridine rings is 1. The lowest BCUT2D eigenvalue weighted by Gasteiger charge is -2.27. The molecule has 39 heavy (non-hydrogen) atoms. The summed E-state index contributed by atoms with van der Waals surface area (Å²) in [4.78, 5) is 21.6. The Labute approximate surface area is 224 Å². The van der Waals surface area contributed by atoms with Gasteiger partial charge in [-0.15, -0.1) is 0 Å². The van der Waals surface area contributed by atoms with Gasteiger partial charge in [0.1, 0.15) is 21.4 Å². The van der Waals surface area contributed by atoms with Crippen molar-refractivity contribution in [1.82, 2.24) is 19.9 Å². The van der Waals surface area contributed by atoms with E-state index in [1.807, 2.05) is 0 Å². The first-order chi connectivity index (χ1) is 18.2. The summed E-state index contributed by atoms with van der Waals surface area (Å²) in [6.07, 6.45) is -0.336. The van der Waals surface area contributed by atoms with E-state index in [4.69, 9.17) is 0 Å². The van der Waals surface area contributed by atoms with Crippen molar-refractivity contribution < 1.29 is 39.9 Å². The number of imidazole rings is 1. The second-order valence-electron chi connectivity index (χ2n) is 9.85. The molecule has 0 aliphatic heterocycles. The topological polar surface area (TPSA) is 103 Å². The molecule has 1 N–H and O–H groups in total. The monoisotopic (exact) mass is 580 g/mol. The molecule has 1 aliphatic rings. The highest BCUT2D eigenvalue weighted by Gasteiger charge is 2.29. The van der Waals surface area contributed by atoms with Gasteiger partial charge in [-0.25, -0.2) is 18.4 Å². The van der Waals surface area contributed by atoms with Crippen molar-refractivity contribution in [2.75, 3.05) is 12.8 Å². The maximum absolute atomic E-state index is 13.2. The van der Waals surface area contributed by atoms with Gasteiger partial charge in [0, 0.05) is 31.8 Å². The molecule has 0 unspecified atom stereocenters. The number of sulfone groups is 1. The Balaban J connectivity index is 1.79. The molecule has 1 fully saturated rings. The zero-order valence-electron chi connectivity index (χ0n) is 22.0. The first kappa shape index (κ1) is 30.8. The van der Waals surface area contributed by atoms with E-state index in [9.17, 15) is 35.2 Å². The van der Waals surface area contributed by atoms with Gasteiger partial charge in [0.2, 0.25) is 0 Å². The van der Waals surface area contributed by atoms with Gasteiger partial charge in [-0.1, -0.05) is 6.92 Å². The van der Waals surface area contributed by atoms with Crippen LogP contribution in [0.3, 0.4) is 0 Å².